The van der Waals surface area contributed by atoms with Gasteiger partial charge in [0.1, 0.15) is 0 Å². The van der Waals surface area contributed by atoms with Crippen LogP contribution >= 0.6 is 11.3 Å². The normalized spacial score (nSPS) is 14.7. The number of benzene rings is 2. The number of hydrogen-bond donors (Lipinski definition) is 2. The van der Waals surface area contributed by atoms with Crippen LogP contribution in [0.3, 0.4) is 0 Å². The number of rotatable bonds is 6. The van der Waals surface area contributed by atoms with Crippen LogP contribution in [0.5, 0.6) is 0 Å². The summed E-state index contributed by atoms with van der Waals surface area (Å²) in [6.45, 7) is 0.600. The van der Waals surface area contributed by atoms with Crippen LogP contribution in [0, 0.1) is 0 Å². The lowest BCUT2D eigenvalue weighted by molar-refractivity contribution is 0.0928. The van der Waals surface area contributed by atoms with Gasteiger partial charge in [0.15, 0.2) is 0 Å². The second kappa shape index (κ2) is 7.98. The summed E-state index contributed by atoms with van der Waals surface area (Å²) in [6.07, 6.45) is 3.33. The quantitative estimate of drug-likeness (QED) is 0.632. The van der Waals surface area contributed by atoms with Gasteiger partial charge < -0.3 is 10.6 Å². The van der Waals surface area contributed by atoms with Crippen LogP contribution in [0.25, 0.3) is 0 Å². The summed E-state index contributed by atoms with van der Waals surface area (Å²) in [4.78, 5) is 25.9. The molecule has 142 valence electrons. The van der Waals surface area contributed by atoms with Gasteiger partial charge in [-0.3, -0.25) is 9.59 Å². The van der Waals surface area contributed by atoms with Crippen LogP contribution in [0.2, 0.25) is 0 Å². The Morgan fingerprint density at radius 3 is 2.32 bits per heavy atom. The van der Waals surface area contributed by atoms with Gasteiger partial charge in [0.2, 0.25) is 0 Å². The Kier molecular flexibility index (Phi) is 5.26. The van der Waals surface area contributed by atoms with Crippen LogP contribution in [0.1, 0.15) is 44.9 Å². The Bertz CT molecular complexity index is 963. The van der Waals surface area contributed by atoms with Gasteiger partial charge >= 0.3 is 0 Å². The van der Waals surface area contributed by atoms with Crippen molar-refractivity contribution in [1.29, 1.82) is 0 Å². The number of amides is 2. The molecule has 1 fully saturated rings. The fraction of sp³-hybridized carbons (Fsp3) is 0.217. The number of hydrogen-bond acceptors (Lipinski definition) is 3. The molecule has 5 heteroatoms. The summed E-state index contributed by atoms with van der Waals surface area (Å²) in [5.41, 5.74) is 2.31. The maximum Gasteiger partial charge on any atom is 0.265 e. The van der Waals surface area contributed by atoms with E-state index in [1.165, 1.54) is 23.3 Å². The lowest BCUT2D eigenvalue weighted by atomic mass is 9.64. The van der Waals surface area contributed by atoms with E-state index in [1.54, 1.807) is 18.2 Å². The van der Waals surface area contributed by atoms with Crippen molar-refractivity contribution in [3.63, 3.8) is 0 Å². The zero-order valence-corrected chi connectivity index (χ0v) is 16.3. The smallest absolute Gasteiger partial charge is 0.265 e. The molecular weight excluding hydrogens is 368 g/mol. The van der Waals surface area contributed by atoms with Gasteiger partial charge in [-0.2, -0.15) is 0 Å². The molecule has 1 saturated carbocycles. The lowest BCUT2D eigenvalue weighted by Crippen LogP contribution is -2.45. The SMILES string of the molecule is O=C(Nc1ccccc1C(=O)NCC1(c2ccccc2)CCC1)c1cccs1. The fourth-order valence-corrected chi connectivity index (χ4v) is 4.31. The Morgan fingerprint density at radius 2 is 1.64 bits per heavy atom. The van der Waals surface area contributed by atoms with Crippen LogP contribution in [0.15, 0.2) is 72.1 Å². The van der Waals surface area contributed by atoms with E-state index in [0.717, 1.165) is 12.8 Å². The van der Waals surface area contributed by atoms with Gasteiger partial charge in [-0.15, -0.1) is 11.3 Å². The van der Waals surface area contributed by atoms with E-state index in [-0.39, 0.29) is 17.2 Å². The zero-order chi connectivity index (χ0) is 19.4. The van der Waals surface area contributed by atoms with E-state index in [0.29, 0.717) is 22.7 Å². The Labute approximate surface area is 168 Å². The van der Waals surface area contributed by atoms with Crippen molar-refractivity contribution in [2.75, 3.05) is 11.9 Å². The maximum absolute atomic E-state index is 12.9. The topological polar surface area (TPSA) is 58.2 Å². The molecule has 0 aliphatic heterocycles. The third-order valence-corrected chi connectivity index (χ3v) is 6.32. The molecule has 4 nitrogen and oxygen atoms in total. The van der Waals surface area contributed by atoms with Crippen LogP contribution in [-0.4, -0.2) is 18.4 Å². The monoisotopic (exact) mass is 390 g/mol. The average molecular weight is 391 g/mol. The minimum Gasteiger partial charge on any atom is -0.351 e. The van der Waals surface area contributed by atoms with Crippen molar-refractivity contribution in [3.8, 4) is 0 Å². The molecule has 1 heterocycles. The highest BCUT2D eigenvalue weighted by atomic mass is 32.1. The first-order valence-electron chi connectivity index (χ1n) is 9.46. The molecule has 1 aromatic heterocycles. The summed E-state index contributed by atoms with van der Waals surface area (Å²) < 4.78 is 0. The van der Waals surface area contributed by atoms with Crippen molar-refractivity contribution < 1.29 is 9.59 Å². The van der Waals surface area contributed by atoms with E-state index in [9.17, 15) is 9.59 Å². The molecule has 3 aromatic rings. The predicted molar refractivity (Wildman–Crippen MR) is 113 cm³/mol. The molecule has 0 atom stereocenters. The van der Waals surface area contributed by atoms with Gasteiger partial charge in [0.05, 0.1) is 16.1 Å². The lowest BCUT2D eigenvalue weighted by Gasteiger charge is -2.42. The van der Waals surface area contributed by atoms with E-state index in [4.69, 9.17) is 0 Å². The molecule has 0 bridgehead atoms. The van der Waals surface area contributed by atoms with Crippen LogP contribution in [-0.2, 0) is 5.41 Å². The molecule has 28 heavy (non-hydrogen) atoms. The van der Waals surface area contributed by atoms with Crippen molar-refractivity contribution >= 4 is 28.8 Å². The number of para-hydroxylation sites is 1. The second-order valence-electron chi connectivity index (χ2n) is 7.16. The Morgan fingerprint density at radius 1 is 0.893 bits per heavy atom. The maximum atomic E-state index is 12.9. The third-order valence-electron chi connectivity index (χ3n) is 5.45. The summed E-state index contributed by atoms with van der Waals surface area (Å²) >= 11 is 1.37. The summed E-state index contributed by atoms with van der Waals surface area (Å²) in [5, 5.41) is 7.82. The molecule has 1 aliphatic carbocycles. The predicted octanol–water partition coefficient (Wildman–Crippen LogP) is 4.85. The summed E-state index contributed by atoms with van der Waals surface area (Å²) in [7, 11) is 0. The molecular formula is C23H22N2O2S. The van der Waals surface area contributed by atoms with Crippen molar-refractivity contribution in [2.24, 2.45) is 0 Å². The Balaban J connectivity index is 1.47. The van der Waals surface area contributed by atoms with Gasteiger partial charge in [-0.05, 0) is 42.0 Å². The minimum absolute atomic E-state index is 0.0199. The van der Waals surface area contributed by atoms with Crippen molar-refractivity contribution in [3.05, 3.63) is 88.1 Å². The summed E-state index contributed by atoms with van der Waals surface area (Å²) in [6, 6.07) is 21.1. The Hall–Kier alpha value is -2.92. The fourth-order valence-electron chi connectivity index (χ4n) is 3.69. The molecule has 4 rings (SSSR count). The van der Waals surface area contributed by atoms with E-state index >= 15 is 0 Å². The average Bonchev–Trinajstić information content (AvgIpc) is 3.23. The van der Waals surface area contributed by atoms with Gasteiger partial charge in [0.25, 0.3) is 11.8 Å². The van der Waals surface area contributed by atoms with E-state index < -0.39 is 0 Å². The van der Waals surface area contributed by atoms with Crippen LogP contribution in [0.4, 0.5) is 5.69 Å². The van der Waals surface area contributed by atoms with Crippen molar-refractivity contribution in [1.82, 2.24) is 5.32 Å². The van der Waals surface area contributed by atoms with Crippen LogP contribution < -0.4 is 10.6 Å². The first kappa shape index (κ1) is 18.4. The number of anilines is 1. The highest BCUT2D eigenvalue weighted by Crippen LogP contribution is 2.43. The third kappa shape index (κ3) is 3.71. The summed E-state index contributed by atoms with van der Waals surface area (Å²) in [5.74, 6) is -0.362. The molecule has 2 amide bonds. The number of nitrogens with one attached hydrogen (secondary N) is 2. The van der Waals surface area contributed by atoms with Gasteiger partial charge in [-0.1, -0.05) is 55.0 Å². The van der Waals surface area contributed by atoms with Crippen molar-refractivity contribution in [2.45, 2.75) is 24.7 Å². The number of carbonyl (C=O) groups excluding carboxylic acids is 2. The molecule has 0 radical (unpaired) electrons. The zero-order valence-electron chi connectivity index (χ0n) is 15.5. The highest BCUT2D eigenvalue weighted by molar-refractivity contribution is 7.12. The number of carbonyl (C=O) groups is 2. The van der Waals surface area contributed by atoms with Gasteiger partial charge in [0, 0.05) is 12.0 Å². The van der Waals surface area contributed by atoms with Gasteiger partial charge in [-0.25, -0.2) is 0 Å². The largest absolute Gasteiger partial charge is 0.351 e. The first-order valence-corrected chi connectivity index (χ1v) is 10.3. The molecule has 0 unspecified atom stereocenters. The molecule has 2 N–H and O–H groups in total. The molecule has 1 aliphatic rings. The standard InChI is InChI=1S/C23H22N2O2S/c26-21(24-16-23(13-7-14-23)17-8-2-1-3-9-17)18-10-4-5-11-19(18)25-22(27)20-12-6-15-28-20/h1-6,8-12,15H,7,13-14,16H2,(H,24,26)(H,25,27). The highest BCUT2D eigenvalue weighted by Gasteiger charge is 2.38. The molecule has 2 aromatic carbocycles. The minimum atomic E-state index is -0.199. The molecule has 0 saturated heterocycles. The number of thiophene rings is 1. The second-order valence-corrected chi connectivity index (χ2v) is 8.11. The van der Waals surface area contributed by atoms with E-state index in [1.807, 2.05) is 41.8 Å². The molecule has 0 spiro atoms. The first-order chi connectivity index (χ1) is 13.7. The van der Waals surface area contributed by atoms with E-state index in [2.05, 4.69) is 22.8 Å².